The van der Waals surface area contributed by atoms with Gasteiger partial charge in [0.25, 0.3) is 0 Å². The highest BCUT2D eigenvalue weighted by atomic mass is 35.5. The van der Waals surface area contributed by atoms with Gasteiger partial charge in [0, 0.05) is 61.4 Å². The van der Waals surface area contributed by atoms with Crippen molar-refractivity contribution in [3.05, 3.63) is 41.0 Å². The van der Waals surface area contributed by atoms with E-state index in [-0.39, 0.29) is 30.6 Å². The van der Waals surface area contributed by atoms with Crippen LogP contribution in [0.1, 0.15) is 5.56 Å². The monoisotopic (exact) mass is 457 g/mol. The number of fused-ring (bicyclic) bond motifs is 1. The van der Waals surface area contributed by atoms with Crippen molar-refractivity contribution in [2.24, 2.45) is 0 Å². The number of nitrogens with zero attached hydrogens (tertiary/aromatic N) is 5. The van der Waals surface area contributed by atoms with Gasteiger partial charge in [0.2, 0.25) is 0 Å². The first kappa shape index (κ1) is 23.7. The fourth-order valence-corrected chi connectivity index (χ4v) is 3.94. The fourth-order valence-electron chi connectivity index (χ4n) is 3.67. The van der Waals surface area contributed by atoms with Crippen LogP contribution >= 0.6 is 36.4 Å². The zero-order chi connectivity index (χ0) is 19.0. The van der Waals surface area contributed by atoms with E-state index in [1.54, 1.807) is 0 Å². The molecule has 1 fully saturated rings. The van der Waals surface area contributed by atoms with Gasteiger partial charge in [-0.05, 0) is 43.8 Å². The molecule has 0 saturated carbocycles. The molecule has 0 bridgehead atoms. The summed E-state index contributed by atoms with van der Waals surface area (Å²) in [7, 11) is 2.17. The summed E-state index contributed by atoms with van der Waals surface area (Å²) >= 11 is 6.01. The Labute approximate surface area is 188 Å². The van der Waals surface area contributed by atoms with E-state index < -0.39 is 0 Å². The Morgan fingerprint density at radius 2 is 1.76 bits per heavy atom. The summed E-state index contributed by atoms with van der Waals surface area (Å²) in [5, 5.41) is 20.6. The summed E-state index contributed by atoms with van der Waals surface area (Å²) in [5.41, 5.74) is 3.09. The van der Waals surface area contributed by atoms with E-state index in [1.165, 1.54) is 6.07 Å². The van der Waals surface area contributed by atoms with Crippen molar-refractivity contribution in [1.29, 1.82) is 0 Å². The van der Waals surface area contributed by atoms with Crippen LogP contribution < -0.4 is 0 Å². The second-order valence-corrected chi connectivity index (χ2v) is 7.72. The standard InChI is InChI=1S/C20H24ClN5O.2ClH/c1-14-11-16(21)13-18(27)19(14)17-12-15-3-4-26(20(15)23-22-17)10-9-25-7-5-24(2)6-8-25;;/h3-4,11-13,27H,5-10H2,1-2H3;2*1H. The van der Waals surface area contributed by atoms with Gasteiger partial charge in [0.05, 0.1) is 5.69 Å². The van der Waals surface area contributed by atoms with E-state index in [9.17, 15) is 5.11 Å². The molecule has 1 aliphatic rings. The lowest BCUT2D eigenvalue weighted by Crippen LogP contribution is -2.45. The SMILES string of the molecule is Cc1cc(Cl)cc(O)c1-c1cc2ccn(CCN3CCN(C)CC3)c2nn1.Cl.Cl. The smallest absolute Gasteiger partial charge is 0.162 e. The molecule has 3 aromatic rings. The number of rotatable bonds is 4. The van der Waals surface area contributed by atoms with Crippen molar-refractivity contribution in [3.8, 4) is 17.0 Å². The quantitative estimate of drug-likeness (QED) is 0.643. The molecule has 0 spiro atoms. The third-order valence-corrected chi connectivity index (χ3v) is 5.52. The molecular weight excluding hydrogens is 433 g/mol. The first-order valence-electron chi connectivity index (χ1n) is 9.24. The molecule has 3 heterocycles. The number of aromatic hydroxyl groups is 1. The average molecular weight is 459 g/mol. The summed E-state index contributed by atoms with van der Waals surface area (Å²) in [4.78, 5) is 4.85. The van der Waals surface area contributed by atoms with Gasteiger partial charge in [0.1, 0.15) is 5.75 Å². The van der Waals surface area contributed by atoms with Crippen LogP contribution in [0.4, 0.5) is 0 Å². The van der Waals surface area contributed by atoms with E-state index in [4.69, 9.17) is 11.6 Å². The molecule has 1 aromatic carbocycles. The molecule has 9 heteroatoms. The molecule has 1 saturated heterocycles. The number of halogens is 3. The molecule has 6 nitrogen and oxygen atoms in total. The van der Waals surface area contributed by atoms with Gasteiger partial charge in [-0.25, -0.2) is 0 Å². The number of phenolic OH excluding ortho intramolecular Hbond substituents is 1. The molecule has 2 aromatic heterocycles. The number of phenols is 1. The Hall–Kier alpha value is -1.57. The molecule has 29 heavy (non-hydrogen) atoms. The Kier molecular flexibility index (Phi) is 8.14. The number of hydrogen-bond acceptors (Lipinski definition) is 5. The number of benzene rings is 1. The van der Waals surface area contributed by atoms with E-state index in [2.05, 4.69) is 43.9 Å². The Bertz CT molecular complexity index is 947. The summed E-state index contributed by atoms with van der Waals surface area (Å²) in [6.07, 6.45) is 2.06. The molecule has 1 aliphatic heterocycles. The predicted molar refractivity (Wildman–Crippen MR) is 123 cm³/mol. The van der Waals surface area contributed by atoms with Crippen LogP contribution in [-0.4, -0.2) is 69.4 Å². The van der Waals surface area contributed by atoms with Crippen LogP contribution in [0.3, 0.4) is 0 Å². The van der Waals surface area contributed by atoms with E-state index in [0.29, 0.717) is 16.3 Å². The average Bonchev–Trinajstić information content (AvgIpc) is 3.03. The predicted octanol–water partition coefficient (Wildman–Crippen LogP) is 3.86. The normalized spacial score (nSPS) is 15.1. The lowest BCUT2D eigenvalue weighted by atomic mass is 10.0. The molecule has 1 N–H and O–H groups in total. The second kappa shape index (κ2) is 9.96. The second-order valence-electron chi connectivity index (χ2n) is 7.28. The van der Waals surface area contributed by atoms with Gasteiger partial charge in [-0.2, -0.15) is 0 Å². The first-order chi connectivity index (χ1) is 13.0. The van der Waals surface area contributed by atoms with Gasteiger partial charge in [0.15, 0.2) is 5.65 Å². The number of aryl methyl sites for hydroxylation is 1. The minimum absolute atomic E-state index is 0. The van der Waals surface area contributed by atoms with Gasteiger partial charge >= 0.3 is 0 Å². The van der Waals surface area contributed by atoms with Gasteiger partial charge in [-0.15, -0.1) is 35.0 Å². The molecule has 158 valence electrons. The molecule has 4 rings (SSSR count). The van der Waals surface area contributed by atoms with Crippen LogP contribution in [0.5, 0.6) is 5.75 Å². The topological polar surface area (TPSA) is 57.4 Å². The van der Waals surface area contributed by atoms with Crippen molar-refractivity contribution in [2.75, 3.05) is 39.8 Å². The van der Waals surface area contributed by atoms with E-state index >= 15 is 0 Å². The molecule has 0 unspecified atom stereocenters. The highest BCUT2D eigenvalue weighted by molar-refractivity contribution is 6.31. The lowest BCUT2D eigenvalue weighted by molar-refractivity contribution is 0.150. The number of piperazine rings is 1. The van der Waals surface area contributed by atoms with Crippen molar-refractivity contribution in [1.82, 2.24) is 24.6 Å². The fraction of sp³-hybridized carbons (Fsp3) is 0.400. The van der Waals surface area contributed by atoms with Crippen LogP contribution in [0.15, 0.2) is 30.5 Å². The zero-order valence-corrected chi connectivity index (χ0v) is 18.9. The van der Waals surface area contributed by atoms with Crippen molar-refractivity contribution < 1.29 is 5.11 Å². The molecule has 0 radical (unpaired) electrons. The number of hydrogen-bond donors (Lipinski definition) is 1. The largest absolute Gasteiger partial charge is 0.507 e. The number of aromatic nitrogens is 3. The summed E-state index contributed by atoms with van der Waals surface area (Å²) in [5.74, 6) is 0.128. The maximum absolute atomic E-state index is 10.3. The molecule has 0 amide bonds. The summed E-state index contributed by atoms with van der Waals surface area (Å²) in [6, 6.07) is 7.39. The maximum atomic E-state index is 10.3. The van der Waals surface area contributed by atoms with E-state index in [0.717, 1.165) is 55.9 Å². The highest BCUT2D eigenvalue weighted by Crippen LogP contribution is 2.34. The zero-order valence-electron chi connectivity index (χ0n) is 16.5. The van der Waals surface area contributed by atoms with Crippen LogP contribution in [-0.2, 0) is 6.54 Å². The van der Waals surface area contributed by atoms with Gasteiger partial charge < -0.3 is 14.6 Å². The Balaban J connectivity index is 0.00000150. The molecule has 0 aliphatic carbocycles. The maximum Gasteiger partial charge on any atom is 0.162 e. The third kappa shape index (κ3) is 5.13. The lowest BCUT2D eigenvalue weighted by Gasteiger charge is -2.32. The van der Waals surface area contributed by atoms with Crippen molar-refractivity contribution >= 4 is 47.4 Å². The Morgan fingerprint density at radius 1 is 1.03 bits per heavy atom. The summed E-state index contributed by atoms with van der Waals surface area (Å²) < 4.78 is 2.15. The Morgan fingerprint density at radius 3 is 2.45 bits per heavy atom. The molecule has 0 atom stereocenters. The minimum atomic E-state index is 0. The van der Waals surface area contributed by atoms with Crippen LogP contribution in [0.2, 0.25) is 5.02 Å². The highest BCUT2D eigenvalue weighted by Gasteiger charge is 2.15. The summed E-state index contributed by atoms with van der Waals surface area (Å²) in [6.45, 7) is 8.29. The van der Waals surface area contributed by atoms with E-state index in [1.807, 2.05) is 19.1 Å². The van der Waals surface area contributed by atoms with Crippen LogP contribution in [0.25, 0.3) is 22.3 Å². The minimum Gasteiger partial charge on any atom is -0.507 e. The number of likely N-dealkylation sites (N-methyl/N-ethyl adjacent to an activating group) is 1. The van der Waals surface area contributed by atoms with Crippen molar-refractivity contribution in [2.45, 2.75) is 13.5 Å². The van der Waals surface area contributed by atoms with Gasteiger partial charge in [-0.3, -0.25) is 4.90 Å². The first-order valence-corrected chi connectivity index (χ1v) is 9.62. The van der Waals surface area contributed by atoms with Crippen LogP contribution in [0, 0.1) is 6.92 Å². The van der Waals surface area contributed by atoms with Crippen molar-refractivity contribution in [3.63, 3.8) is 0 Å². The third-order valence-electron chi connectivity index (χ3n) is 5.30. The van der Waals surface area contributed by atoms with Gasteiger partial charge in [-0.1, -0.05) is 11.6 Å². The molecular formula is C20H26Cl3N5O.